The van der Waals surface area contributed by atoms with Crippen LogP contribution in [0.2, 0.25) is 0 Å². The molecule has 6 nitrogen and oxygen atoms in total. The molecule has 0 aromatic carbocycles. The lowest BCUT2D eigenvalue weighted by Crippen LogP contribution is -2.52. The third kappa shape index (κ3) is 3.66. The van der Waals surface area contributed by atoms with E-state index in [1.54, 1.807) is 18.5 Å². The molecule has 0 bridgehead atoms. The summed E-state index contributed by atoms with van der Waals surface area (Å²) >= 11 is 0. The number of pyridine rings is 1. The van der Waals surface area contributed by atoms with E-state index in [2.05, 4.69) is 32.0 Å². The van der Waals surface area contributed by atoms with Crippen LogP contribution in [0.25, 0.3) is 0 Å². The average Bonchev–Trinajstić information content (AvgIpc) is 3.03. The number of nitrogens with zero attached hydrogens (tertiary/aromatic N) is 6. The quantitative estimate of drug-likeness (QED) is 0.825. The van der Waals surface area contributed by atoms with Gasteiger partial charge in [0.05, 0.1) is 18.9 Å². The van der Waals surface area contributed by atoms with Gasteiger partial charge in [-0.1, -0.05) is 5.21 Å². The van der Waals surface area contributed by atoms with E-state index in [0.29, 0.717) is 12.6 Å². The van der Waals surface area contributed by atoms with Gasteiger partial charge in [-0.2, -0.15) is 0 Å². The van der Waals surface area contributed by atoms with Crippen LogP contribution in [0.1, 0.15) is 12.5 Å². The molecule has 0 amide bonds. The lowest BCUT2D eigenvalue weighted by molar-refractivity contribution is 0.0740. The highest BCUT2D eigenvalue weighted by Crippen LogP contribution is 2.15. The van der Waals surface area contributed by atoms with Crippen molar-refractivity contribution in [2.45, 2.75) is 26.1 Å². The Balaban J connectivity index is 1.50. The van der Waals surface area contributed by atoms with Crippen LogP contribution in [-0.2, 0) is 13.1 Å². The summed E-state index contributed by atoms with van der Waals surface area (Å²) in [7, 11) is 0. The van der Waals surface area contributed by atoms with Crippen molar-refractivity contribution in [2.75, 3.05) is 26.2 Å². The van der Waals surface area contributed by atoms with Crippen molar-refractivity contribution in [1.82, 2.24) is 29.8 Å². The van der Waals surface area contributed by atoms with Gasteiger partial charge in [-0.15, -0.1) is 5.10 Å². The molecule has 22 heavy (non-hydrogen) atoms. The fourth-order valence-corrected chi connectivity index (χ4v) is 2.86. The second-order valence-electron chi connectivity index (χ2n) is 5.75. The molecule has 1 atom stereocenters. The fourth-order valence-electron chi connectivity index (χ4n) is 2.86. The standard InChI is InChI=1S/C15H21FN6/c1-13-11-20(7-9-22-5-4-18-19-22)6-8-21(13)12-14-2-3-17-10-15(14)16/h2-5,10,13H,6-9,11-12H2,1H3. The third-order valence-electron chi connectivity index (χ3n) is 4.20. The van der Waals surface area contributed by atoms with Crippen LogP contribution in [0, 0.1) is 5.82 Å². The summed E-state index contributed by atoms with van der Waals surface area (Å²) in [5.74, 6) is -0.219. The van der Waals surface area contributed by atoms with Gasteiger partial charge in [0.15, 0.2) is 0 Å². The third-order valence-corrected chi connectivity index (χ3v) is 4.20. The molecule has 118 valence electrons. The average molecular weight is 304 g/mol. The van der Waals surface area contributed by atoms with E-state index in [9.17, 15) is 4.39 Å². The van der Waals surface area contributed by atoms with E-state index < -0.39 is 0 Å². The molecule has 1 aliphatic heterocycles. The van der Waals surface area contributed by atoms with Crippen molar-refractivity contribution in [2.24, 2.45) is 0 Å². The number of halogens is 1. The lowest BCUT2D eigenvalue weighted by Gasteiger charge is -2.39. The molecular formula is C15H21FN6. The molecule has 0 spiro atoms. The number of hydrogen-bond donors (Lipinski definition) is 0. The first kappa shape index (κ1) is 15.1. The topological polar surface area (TPSA) is 50.1 Å². The fraction of sp³-hybridized carbons (Fsp3) is 0.533. The Morgan fingerprint density at radius 3 is 2.91 bits per heavy atom. The summed E-state index contributed by atoms with van der Waals surface area (Å²) in [6, 6.07) is 2.16. The van der Waals surface area contributed by atoms with Crippen LogP contribution in [0.3, 0.4) is 0 Å². The van der Waals surface area contributed by atoms with Crippen molar-refractivity contribution >= 4 is 0 Å². The maximum atomic E-state index is 13.7. The summed E-state index contributed by atoms with van der Waals surface area (Å²) < 4.78 is 15.6. The summed E-state index contributed by atoms with van der Waals surface area (Å²) in [6.45, 7) is 7.58. The summed E-state index contributed by atoms with van der Waals surface area (Å²) in [6.07, 6.45) is 6.52. The first-order chi connectivity index (χ1) is 10.7. The van der Waals surface area contributed by atoms with E-state index in [-0.39, 0.29) is 5.82 Å². The Morgan fingerprint density at radius 2 is 2.18 bits per heavy atom. The maximum Gasteiger partial charge on any atom is 0.145 e. The molecule has 7 heteroatoms. The molecule has 0 aliphatic carbocycles. The molecule has 1 aliphatic rings. The molecule has 0 N–H and O–H groups in total. The van der Waals surface area contributed by atoms with Crippen LogP contribution in [-0.4, -0.2) is 62.0 Å². The lowest BCUT2D eigenvalue weighted by atomic mass is 10.1. The smallest absolute Gasteiger partial charge is 0.145 e. The molecule has 3 rings (SSSR count). The molecular weight excluding hydrogens is 283 g/mol. The maximum absolute atomic E-state index is 13.7. The van der Waals surface area contributed by atoms with E-state index in [1.807, 2.05) is 10.9 Å². The van der Waals surface area contributed by atoms with Gasteiger partial charge in [0, 0.05) is 56.7 Å². The van der Waals surface area contributed by atoms with Crippen LogP contribution in [0.5, 0.6) is 0 Å². The van der Waals surface area contributed by atoms with Crippen LogP contribution in [0.15, 0.2) is 30.9 Å². The SMILES string of the molecule is CC1CN(CCn2ccnn2)CCN1Cc1ccncc1F. The minimum Gasteiger partial charge on any atom is -0.299 e. The molecule has 2 aromatic heterocycles. The predicted octanol–water partition coefficient (Wildman–Crippen LogP) is 1.02. The predicted molar refractivity (Wildman–Crippen MR) is 80.5 cm³/mol. The van der Waals surface area contributed by atoms with Gasteiger partial charge in [-0.25, -0.2) is 4.39 Å². The zero-order valence-electron chi connectivity index (χ0n) is 12.8. The number of hydrogen-bond acceptors (Lipinski definition) is 5. The molecule has 0 saturated carbocycles. The Morgan fingerprint density at radius 1 is 1.27 bits per heavy atom. The minimum absolute atomic E-state index is 0.219. The van der Waals surface area contributed by atoms with Gasteiger partial charge < -0.3 is 0 Å². The van der Waals surface area contributed by atoms with Crippen molar-refractivity contribution in [3.05, 3.63) is 42.2 Å². The second-order valence-corrected chi connectivity index (χ2v) is 5.75. The number of aromatic nitrogens is 4. The van der Waals surface area contributed by atoms with Gasteiger partial charge in [0.2, 0.25) is 0 Å². The molecule has 1 saturated heterocycles. The molecule has 2 aromatic rings. The Labute approximate surface area is 129 Å². The van der Waals surface area contributed by atoms with Gasteiger partial charge in [-0.3, -0.25) is 19.5 Å². The highest BCUT2D eigenvalue weighted by Gasteiger charge is 2.24. The molecule has 1 unspecified atom stereocenters. The molecule has 0 radical (unpaired) electrons. The normalized spacial score (nSPS) is 20.4. The van der Waals surface area contributed by atoms with Crippen molar-refractivity contribution in [3.63, 3.8) is 0 Å². The van der Waals surface area contributed by atoms with Crippen molar-refractivity contribution in [3.8, 4) is 0 Å². The zero-order valence-corrected chi connectivity index (χ0v) is 12.8. The molecule has 3 heterocycles. The van der Waals surface area contributed by atoms with E-state index in [0.717, 1.165) is 38.3 Å². The first-order valence-corrected chi connectivity index (χ1v) is 7.61. The number of piperazine rings is 1. The Kier molecular flexibility index (Phi) is 4.74. The van der Waals surface area contributed by atoms with E-state index in [4.69, 9.17) is 0 Å². The van der Waals surface area contributed by atoms with Crippen LogP contribution in [0.4, 0.5) is 4.39 Å². The zero-order chi connectivity index (χ0) is 15.4. The van der Waals surface area contributed by atoms with Crippen LogP contribution >= 0.6 is 0 Å². The van der Waals surface area contributed by atoms with E-state index in [1.165, 1.54) is 6.20 Å². The number of rotatable bonds is 5. The van der Waals surface area contributed by atoms with Gasteiger partial charge in [-0.05, 0) is 13.0 Å². The van der Waals surface area contributed by atoms with Crippen LogP contribution < -0.4 is 0 Å². The first-order valence-electron chi connectivity index (χ1n) is 7.61. The van der Waals surface area contributed by atoms with Crippen molar-refractivity contribution in [1.29, 1.82) is 0 Å². The monoisotopic (exact) mass is 304 g/mol. The summed E-state index contributed by atoms with van der Waals surface area (Å²) in [5, 5.41) is 7.80. The largest absolute Gasteiger partial charge is 0.299 e. The highest BCUT2D eigenvalue weighted by atomic mass is 19.1. The minimum atomic E-state index is -0.219. The van der Waals surface area contributed by atoms with Gasteiger partial charge in [0.1, 0.15) is 5.82 Å². The second kappa shape index (κ2) is 6.93. The summed E-state index contributed by atoms with van der Waals surface area (Å²) in [4.78, 5) is 8.55. The molecule has 1 fully saturated rings. The highest BCUT2D eigenvalue weighted by molar-refractivity contribution is 5.12. The van der Waals surface area contributed by atoms with Crippen molar-refractivity contribution < 1.29 is 4.39 Å². The Hall–Kier alpha value is -1.86. The van der Waals surface area contributed by atoms with E-state index >= 15 is 0 Å². The van der Waals surface area contributed by atoms with Gasteiger partial charge >= 0.3 is 0 Å². The Bertz CT molecular complexity index is 587. The summed E-state index contributed by atoms with van der Waals surface area (Å²) in [5.41, 5.74) is 0.720. The van der Waals surface area contributed by atoms with Gasteiger partial charge in [0.25, 0.3) is 0 Å².